The summed E-state index contributed by atoms with van der Waals surface area (Å²) in [6.45, 7) is 8.81. The van der Waals surface area contributed by atoms with Gasteiger partial charge >= 0.3 is 12.2 Å². The largest absolute Gasteiger partial charge is 0.445 e. The van der Waals surface area contributed by atoms with Gasteiger partial charge in [0.2, 0.25) is 5.91 Å². The monoisotopic (exact) mass is 403 g/mol. The summed E-state index contributed by atoms with van der Waals surface area (Å²) in [5, 5.41) is 0. The van der Waals surface area contributed by atoms with E-state index < -0.39 is 23.8 Å². The number of ether oxygens (including phenoxy) is 2. The second-order valence-electron chi connectivity index (χ2n) is 8.48. The second kappa shape index (κ2) is 8.31. The molecule has 0 unspecified atom stereocenters. The number of amides is 3. The third-order valence-corrected chi connectivity index (χ3v) is 5.09. The molecule has 0 spiro atoms. The van der Waals surface area contributed by atoms with Gasteiger partial charge in [-0.25, -0.2) is 9.59 Å². The Kier molecular flexibility index (Phi) is 6.00. The Labute approximate surface area is 171 Å². The minimum Gasteiger partial charge on any atom is -0.445 e. The van der Waals surface area contributed by atoms with Gasteiger partial charge in [0.15, 0.2) is 0 Å². The Bertz CT molecular complexity index is 761. The fourth-order valence-electron chi connectivity index (χ4n) is 3.59. The van der Waals surface area contributed by atoms with Gasteiger partial charge in [0.25, 0.3) is 0 Å². The molecule has 2 fully saturated rings. The zero-order chi connectivity index (χ0) is 21.2. The zero-order valence-corrected chi connectivity index (χ0v) is 17.5. The van der Waals surface area contributed by atoms with Gasteiger partial charge in [-0.15, -0.1) is 0 Å². The van der Waals surface area contributed by atoms with Crippen LogP contribution in [0.5, 0.6) is 0 Å². The number of fused-ring (bicyclic) bond motifs is 1. The van der Waals surface area contributed by atoms with E-state index in [1.807, 2.05) is 51.1 Å². The molecule has 2 aliphatic rings. The quantitative estimate of drug-likeness (QED) is 0.758. The molecule has 0 aliphatic carbocycles. The molecule has 1 aromatic rings. The predicted molar refractivity (Wildman–Crippen MR) is 106 cm³/mol. The Morgan fingerprint density at radius 1 is 1.07 bits per heavy atom. The third kappa shape index (κ3) is 4.99. The van der Waals surface area contributed by atoms with Crippen LogP contribution in [0.1, 0.15) is 33.3 Å². The van der Waals surface area contributed by atoms with Gasteiger partial charge < -0.3 is 19.3 Å². The summed E-state index contributed by atoms with van der Waals surface area (Å²) in [7, 11) is 0. The van der Waals surface area contributed by atoms with Crippen molar-refractivity contribution in [2.45, 2.75) is 52.0 Å². The highest BCUT2D eigenvalue weighted by Crippen LogP contribution is 2.23. The Morgan fingerprint density at radius 2 is 1.76 bits per heavy atom. The smallest absolute Gasteiger partial charge is 0.410 e. The minimum atomic E-state index is -0.595. The summed E-state index contributed by atoms with van der Waals surface area (Å²) in [6, 6.07) is 8.53. The molecular formula is C21H29N3O5. The molecule has 3 rings (SSSR count). The van der Waals surface area contributed by atoms with E-state index in [4.69, 9.17) is 9.47 Å². The molecule has 3 amide bonds. The maximum absolute atomic E-state index is 12.8. The van der Waals surface area contributed by atoms with E-state index in [1.165, 1.54) is 4.90 Å². The topological polar surface area (TPSA) is 79.4 Å². The van der Waals surface area contributed by atoms with Crippen LogP contribution in [0.2, 0.25) is 0 Å². The minimum absolute atomic E-state index is 0.123. The van der Waals surface area contributed by atoms with E-state index in [9.17, 15) is 14.4 Å². The van der Waals surface area contributed by atoms with E-state index in [-0.39, 0.29) is 18.6 Å². The lowest BCUT2D eigenvalue weighted by Gasteiger charge is -2.48. The van der Waals surface area contributed by atoms with E-state index >= 15 is 0 Å². The van der Waals surface area contributed by atoms with Crippen LogP contribution in [0.25, 0.3) is 0 Å². The van der Waals surface area contributed by atoms with Crippen LogP contribution >= 0.6 is 0 Å². The van der Waals surface area contributed by atoms with Gasteiger partial charge in [-0.2, -0.15) is 0 Å². The van der Waals surface area contributed by atoms with E-state index in [1.54, 1.807) is 16.7 Å². The van der Waals surface area contributed by atoms with Crippen molar-refractivity contribution in [2.24, 2.45) is 0 Å². The second-order valence-corrected chi connectivity index (χ2v) is 8.48. The van der Waals surface area contributed by atoms with Gasteiger partial charge in [-0.1, -0.05) is 30.3 Å². The number of benzene rings is 1. The van der Waals surface area contributed by atoms with Gasteiger partial charge in [-0.3, -0.25) is 9.69 Å². The van der Waals surface area contributed by atoms with Crippen molar-refractivity contribution in [2.75, 3.05) is 26.2 Å². The Hall–Kier alpha value is -2.77. The van der Waals surface area contributed by atoms with Crippen LogP contribution in [0.3, 0.4) is 0 Å². The van der Waals surface area contributed by atoms with Crippen molar-refractivity contribution >= 4 is 18.1 Å². The molecule has 0 bridgehead atoms. The number of hydrogen-bond donors (Lipinski definition) is 0. The van der Waals surface area contributed by atoms with Crippen LogP contribution in [0.4, 0.5) is 9.59 Å². The summed E-state index contributed by atoms with van der Waals surface area (Å²) in [4.78, 5) is 42.6. The molecule has 2 saturated heterocycles. The molecule has 2 aliphatic heterocycles. The summed E-state index contributed by atoms with van der Waals surface area (Å²) >= 11 is 0. The predicted octanol–water partition coefficient (Wildman–Crippen LogP) is 2.48. The summed E-state index contributed by atoms with van der Waals surface area (Å²) in [5.41, 5.74) is 0.297. The molecule has 2 atom stereocenters. The van der Waals surface area contributed by atoms with E-state index in [2.05, 4.69) is 0 Å². The molecule has 29 heavy (non-hydrogen) atoms. The maximum atomic E-state index is 12.8. The van der Waals surface area contributed by atoms with Gasteiger partial charge in [0.1, 0.15) is 18.2 Å². The van der Waals surface area contributed by atoms with Crippen molar-refractivity contribution in [1.29, 1.82) is 0 Å². The maximum Gasteiger partial charge on any atom is 0.410 e. The number of carbonyl (C=O) groups is 3. The van der Waals surface area contributed by atoms with Crippen molar-refractivity contribution in [3.05, 3.63) is 35.9 Å². The number of piperazine rings is 2. The number of hydrogen-bond acceptors (Lipinski definition) is 5. The lowest BCUT2D eigenvalue weighted by molar-refractivity contribution is -0.147. The highest BCUT2D eigenvalue weighted by Gasteiger charge is 2.44. The molecule has 0 radical (unpaired) electrons. The molecule has 0 aromatic heterocycles. The molecular weight excluding hydrogens is 374 g/mol. The van der Waals surface area contributed by atoms with Crippen LogP contribution in [0.15, 0.2) is 30.3 Å². The highest BCUT2D eigenvalue weighted by atomic mass is 16.6. The average Bonchev–Trinajstić information content (AvgIpc) is 2.68. The van der Waals surface area contributed by atoms with E-state index in [0.29, 0.717) is 26.2 Å². The first-order valence-corrected chi connectivity index (χ1v) is 9.91. The molecule has 1 aromatic carbocycles. The van der Waals surface area contributed by atoms with Crippen LogP contribution in [0, 0.1) is 0 Å². The molecule has 0 saturated carbocycles. The summed E-state index contributed by atoms with van der Waals surface area (Å²) < 4.78 is 10.9. The van der Waals surface area contributed by atoms with Crippen molar-refractivity contribution in [3.63, 3.8) is 0 Å². The zero-order valence-electron chi connectivity index (χ0n) is 17.5. The SMILES string of the molecule is C[C@@H]1C(=O)N2CCN(C(=O)OC(C)(C)C)C[C@@H]2CN1C(=O)OCc1ccccc1. The number of nitrogens with zero attached hydrogens (tertiary/aromatic N) is 3. The third-order valence-electron chi connectivity index (χ3n) is 5.09. The summed E-state index contributed by atoms with van der Waals surface area (Å²) in [6.07, 6.45) is -0.926. The van der Waals surface area contributed by atoms with Crippen LogP contribution < -0.4 is 0 Å². The fraction of sp³-hybridized carbons (Fsp3) is 0.571. The molecule has 2 heterocycles. The lowest BCUT2D eigenvalue weighted by Crippen LogP contribution is -2.68. The number of carbonyl (C=O) groups excluding carboxylic acids is 3. The van der Waals surface area contributed by atoms with Gasteiger partial charge in [0.05, 0.1) is 6.04 Å². The van der Waals surface area contributed by atoms with Crippen molar-refractivity contribution < 1.29 is 23.9 Å². The Balaban J connectivity index is 1.63. The highest BCUT2D eigenvalue weighted by molar-refractivity contribution is 5.87. The summed E-state index contributed by atoms with van der Waals surface area (Å²) in [5.74, 6) is -0.123. The van der Waals surface area contributed by atoms with Crippen LogP contribution in [-0.2, 0) is 20.9 Å². The lowest BCUT2D eigenvalue weighted by atomic mass is 10.0. The Morgan fingerprint density at radius 3 is 2.41 bits per heavy atom. The normalized spacial score (nSPS) is 22.2. The average molecular weight is 403 g/mol. The first kappa shape index (κ1) is 21.0. The van der Waals surface area contributed by atoms with Crippen LogP contribution in [-0.4, -0.2) is 76.7 Å². The van der Waals surface area contributed by atoms with Gasteiger partial charge in [-0.05, 0) is 33.3 Å². The fourth-order valence-corrected chi connectivity index (χ4v) is 3.59. The molecule has 8 heteroatoms. The first-order valence-electron chi connectivity index (χ1n) is 9.91. The van der Waals surface area contributed by atoms with Gasteiger partial charge in [0, 0.05) is 26.2 Å². The first-order chi connectivity index (χ1) is 13.7. The molecule has 0 N–H and O–H groups in total. The van der Waals surface area contributed by atoms with Crippen molar-refractivity contribution in [3.8, 4) is 0 Å². The van der Waals surface area contributed by atoms with E-state index in [0.717, 1.165) is 5.56 Å². The number of rotatable bonds is 2. The van der Waals surface area contributed by atoms with Crippen molar-refractivity contribution in [1.82, 2.24) is 14.7 Å². The molecule has 8 nitrogen and oxygen atoms in total. The standard InChI is InChI=1S/C21H29N3O5/c1-15-18(25)23-11-10-22(19(26)29-21(2,3)4)12-17(23)13-24(15)20(27)28-14-16-8-6-5-7-9-16/h5-9,15,17H,10-14H2,1-4H3/t15-,17-/m1/s1. The molecule has 158 valence electrons.